The summed E-state index contributed by atoms with van der Waals surface area (Å²) in [6.07, 6.45) is 3.32. The fourth-order valence-corrected chi connectivity index (χ4v) is 4.82. The minimum Gasteiger partial charge on any atom is -0.377 e. The van der Waals surface area contributed by atoms with Gasteiger partial charge in [0.2, 0.25) is 0 Å². The average molecular weight is 454 g/mol. The van der Waals surface area contributed by atoms with Crippen LogP contribution in [0.2, 0.25) is 10.0 Å². The summed E-state index contributed by atoms with van der Waals surface area (Å²) in [6.45, 7) is 1.95. The first-order valence-corrected chi connectivity index (χ1v) is 11.2. The molecule has 0 amide bonds. The van der Waals surface area contributed by atoms with E-state index in [2.05, 4.69) is 15.3 Å². The number of aromatic nitrogens is 2. The molecule has 1 aromatic heterocycles. The van der Waals surface area contributed by atoms with Crippen molar-refractivity contribution >= 4 is 38.7 Å². The van der Waals surface area contributed by atoms with E-state index in [0.717, 1.165) is 17.7 Å². The van der Waals surface area contributed by atoms with Crippen LogP contribution in [0.3, 0.4) is 0 Å². The summed E-state index contributed by atoms with van der Waals surface area (Å²) < 4.78 is 40.0. The van der Waals surface area contributed by atoms with E-state index in [1.165, 1.54) is 18.6 Å². The number of nitrogens with zero attached hydrogens (tertiary/aromatic N) is 2. The molecule has 0 bridgehead atoms. The van der Waals surface area contributed by atoms with Gasteiger partial charge in [-0.25, -0.2) is 22.8 Å². The smallest absolute Gasteiger partial charge is 0.187 e. The monoisotopic (exact) mass is 453 g/mol. The van der Waals surface area contributed by atoms with Gasteiger partial charge in [0.1, 0.15) is 17.0 Å². The van der Waals surface area contributed by atoms with Crippen molar-refractivity contribution in [1.29, 1.82) is 0 Å². The zero-order chi connectivity index (χ0) is 21.0. The zero-order valence-electron chi connectivity index (χ0n) is 15.4. The molecule has 152 valence electrons. The SMILES string of the molecule is CC[C@H](Nc1cc(F)c(S(=O)(=O)Cc2ccncn2)cc1Cl)c1ccccc1Cl. The van der Waals surface area contributed by atoms with Crippen LogP contribution in [0.15, 0.2) is 59.9 Å². The van der Waals surface area contributed by atoms with E-state index >= 15 is 0 Å². The van der Waals surface area contributed by atoms with Crippen molar-refractivity contribution in [2.45, 2.75) is 30.0 Å². The molecule has 5 nitrogen and oxygen atoms in total. The molecule has 0 saturated heterocycles. The van der Waals surface area contributed by atoms with Crippen LogP contribution in [0.25, 0.3) is 0 Å². The van der Waals surface area contributed by atoms with Gasteiger partial charge >= 0.3 is 0 Å². The Morgan fingerprint density at radius 3 is 2.55 bits per heavy atom. The molecule has 2 aromatic carbocycles. The van der Waals surface area contributed by atoms with Gasteiger partial charge in [-0.3, -0.25) is 0 Å². The second kappa shape index (κ2) is 9.07. The summed E-state index contributed by atoms with van der Waals surface area (Å²) >= 11 is 12.5. The molecule has 0 unspecified atom stereocenters. The van der Waals surface area contributed by atoms with E-state index in [-0.39, 0.29) is 22.4 Å². The molecular weight excluding hydrogens is 436 g/mol. The lowest BCUT2D eigenvalue weighted by atomic mass is 10.0. The highest BCUT2D eigenvalue weighted by atomic mass is 35.5. The number of sulfone groups is 1. The van der Waals surface area contributed by atoms with Gasteiger partial charge in [0.25, 0.3) is 0 Å². The molecule has 0 spiro atoms. The first kappa shape index (κ1) is 21.5. The third-order valence-corrected chi connectivity index (χ3v) is 6.67. The number of benzene rings is 2. The normalized spacial score (nSPS) is 12.6. The van der Waals surface area contributed by atoms with Crippen LogP contribution in [-0.2, 0) is 15.6 Å². The number of halogens is 3. The molecule has 0 aliphatic rings. The van der Waals surface area contributed by atoms with Crippen LogP contribution in [0.5, 0.6) is 0 Å². The number of anilines is 1. The summed E-state index contributed by atoms with van der Waals surface area (Å²) in [5.74, 6) is -1.34. The van der Waals surface area contributed by atoms with Gasteiger partial charge in [-0.1, -0.05) is 48.3 Å². The fourth-order valence-electron chi connectivity index (χ4n) is 2.90. The van der Waals surface area contributed by atoms with Crippen LogP contribution >= 0.6 is 23.2 Å². The summed E-state index contributed by atoms with van der Waals surface area (Å²) in [4.78, 5) is 7.15. The lowest BCUT2D eigenvalue weighted by Gasteiger charge is -2.21. The lowest BCUT2D eigenvalue weighted by molar-refractivity contribution is 0.566. The molecule has 3 aromatic rings. The number of nitrogens with one attached hydrogen (secondary N) is 1. The van der Waals surface area contributed by atoms with Crippen molar-refractivity contribution in [2.24, 2.45) is 0 Å². The molecule has 1 heterocycles. The molecule has 0 saturated carbocycles. The Kier molecular flexibility index (Phi) is 6.72. The highest BCUT2D eigenvalue weighted by molar-refractivity contribution is 7.90. The van der Waals surface area contributed by atoms with E-state index in [4.69, 9.17) is 23.2 Å². The minimum absolute atomic E-state index is 0.0955. The van der Waals surface area contributed by atoms with Gasteiger partial charge in [0, 0.05) is 11.2 Å². The standard InChI is InChI=1S/C20H18Cl2FN3O2S/c1-2-18(14-5-3-4-6-15(14)21)26-19-10-17(23)20(9-16(19)22)29(27,28)11-13-7-8-24-12-25-13/h3-10,12,18,26H,2,11H2,1H3/t18-/m0/s1. The maximum atomic E-state index is 14.7. The summed E-state index contributed by atoms with van der Waals surface area (Å²) in [5, 5.41) is 3.82. The van der Waals surface area contributed by atoms with Gasteiger partial charge < -0.3 is 5.32 Å². The van der Waals surface area contributed by atoms with Crippen LogP contribution in [0.4, 0.5) is 10.1 Å². The first-order valence-electron chi connectivity index (χ1n) is 8.79. The Labute approximate surface area is 178 Å². The van der Waals surface area contributed by atoms with Crippen LogP contribution < -0.4 is 5.32 Å². The van der Waals surface area contributed by atoms with Crippen molar-refractivity contribution in [2.75, 3.05) is 5.32 Å². The van der Waals surface area contributed by atoms with E-state index in [1.54, 1.807) is 6.07 Å². The Balaban J connectivity index is 1.90. The highest BCUT2D eigenvalue weighted by Crippen LogP contribution is 2.34. The highest BCUT2D eigenvalue weighted by Gasteiger charge is 2.23. The predicted molar refractivity (Wildman–Crippen MR) is 112 cm³/mol. The second-order valence-electron chi connectivity index (χ2n) is 6.35. The van der Waals surface area contributed by atoms with E-state index in [0.29, 0.717) is 11.4 Å². The topological polar surface area (TPSA) is 72.0 Å². The number of hydrogen-bond acceptors (Lipinski definition) is 5. The number of hydrogen-bond donors (Lipinski definition) is 1. The average Bonchev–Trinajstić information content (AvgIpc) is 2.69. The van der Waals surface area contributed by atoms with E-state index < -0.39 is 26.3 Å². The Morgan fingerprint density at radius 1 is 1.14 bits per heavy atom. The van der Waals surface area contributed by atoms with Crippen molar-refractivity contribution in [3.05, 3.63) is 82.1 Å². The molecule has 0 aliphatic carbocycles. The lowest BCUT2D eigenvalue weighted by Crippen LogP contribution is -2.13. The number of rotatable bonds is 7. The Bertz CT molecular complexity index is 1110. The molecule has 0 fully saturated rings. The Morgan fingerprint density at radius 2 is 1.90 bits per heavy atom. The summed E-state index contributed by atoms with van der Waals surface area (Å²) in [7, 11) is -3.97. The van der Waals surface area contributed by atoms with Gasteiger partial charge in [0.15, 0.2) is 9.84 Å². The Hall–Kier alpha value is -2.22. The van der Waals surface area contributed by atoms with Gasteiger partial charge in [0.05, 0.1) is 28.2 Å². The maximum Gasteiger partial charge on any atom is 0.187 e. The van der Waals surface area contributed by atoms with Crippen LogP contribution in [-0.4, -0.2) is 18.4 Å². The first-order chi connectivity index (χ1) is 13.8. The molecule has 29 heavy (non-hydrogen) atoms. The largest absolute Gasteiger partial charge is 0.377 e. The molecule has 0 aliphatic heterocycles. The minimum atomic E-state index is -3.97. The summed E-state index contributed by atoms with van der Waals surface area (Å²) in [5.41, 5.74) is 1.40. The van der Waals surface area contributed by atoms with Crippen LogP contribution in [0, 0.1) is 5.82 Å². The van der Waals surface area contributed by atoms with Crippen molar-refractivity contribution < 1.29 is 12.8 Å². The zero-order valence-corrected chi connectivity index (χ0v) is 17.8. The van der Waals surface area contributed by atoms with Gasteiger partial charge in [-0.2, -0.15) is 0 Å². The van der Waals surface area contributed by atoms with Gasteiger partial charge in [-0.15, -0.1) is 0 Å². The third-order valence-electron chi connectivity index (χ3n) is 4.36. The van der Waals surface area contributed by atoms with Crippen molar-refractivity contribution in [1.82, 2.24) is 9.97 Å². The van der Waals surface area contributed by atoms with Gasteiger partial charge in [-0.05, 0) is 36.2 Å². The molecule has 1 N–H and O–H groups in total. The molecule has 0 radical (unpaired) electrons. The van der Waals surface area contributed by atoms with E-state index in [9.17, 15) is 12.8 Å². The fraction of sp³-hybridized carbons (Fsp3) is 0.200. The maximum absolute atomic E-state index is 14.7. The molecule has 3 rings (SSSR count). The van der Waals surface area contributed by atoms with Crippen molar-refractivity contribution in [3.63, 3.8) is 0 Å². The second-order valence-corrected chi connectivity index (χ2v) is 9.12. The molecular formula is C20H18Cl2FN3O2S. The predicted octanol–water partition coefficient (Wildman–Crippen LogP) is 5.46. The summed E-state index contributed by atoms with van der Waals surface area (Å²) in [6, 6.07) is 10.8. The van der Waals surface area contributed by atoms with Crippen LogP contribution in [0.1, 0.15) is 30.6 Å². The molecule has 9 heteroatoms. The third kappa shape index (κ3) is 5.04. The van der Waals surface area contributed by atoms with Crippen molar-refractivity contribution in [3.8, 4) is 0 Å². The molecule has 1 atom stereocenters. The van der Waals surface area contributed by atoms with E-state index in [1.807, 2.05) is 25.1 Å². The quantitative estimate of drug-likeness (QED) is 0.513.